The first-order chi connectivity index (χ1) is 16.9. The number of halogens is 4. The Morgan fingerprint density at radius 3 is 2.56 bits per heavy atom. The fourth-order valence-electron chi connectivity index (χ4n) is 5.30. The van der Waals surface area contributed by atoms with Gasteiger partial charge >= 0.3 is 5.97 Å². The lowest BCUT2D eigenvalue weighted by molar-refractivity contribution is -0.143. The normalized spacial score (nSPS) is 22.5. The largest absolute Gasteiger partial charge is 0.480 e. The summed E-state index contributed by atoms with van der Waals surface area (Å²) in [5.41, 5.74) is -2.55. The van der Waals surface area contributed by atoms with Gasteiger partial charge in [-0.25, -0.2) is 8.78 Å². The fraction of sp³-hybridized carbons (Fsp3) is 0.333. The lowest BCUT2D eigenvalue weighted by Gasteiger charge is -2.32. The highest BCUT2D eigenvalue weighted by molar-refractivity contribution is 6.31. The molecule has 1 aliphatic rings. The van der Waals surface area contributed by atoms with Crippen molar-refractivity contribution in [3.05, 3.63) is 92.9 Å². The van der Waals surface area contributed by atoms with E-state index in [0.717, 1.165) is 6.07 Å². The maximum atomic E-state index is 15.4. The number of hydrogen-bond donors (Lipinski definition) is 1. The van der Waals surface area contributed by atoms with Crippen LogP contribution in [-0.2, 0) is 15.6 Å². The molecule has 2 heterocycles. The van der Waals surface area contributed by atoms with Crippen LogP contribution < -0.4 is 0 Å². The number of likely N-dealkylation sites (tertiary alicyclic amines) is 1. The monoisotopic (exact) mass is 532 g/mol. The van der Waals surface area contributed by atoms with Crippen LogP contribution >= 0.6 is 23.2 Å². The molecule has 1 N–H and O–H groups in total. The van der Waals surface area contributed by atoms with Crippen molar-refractivity contribution in [1.29, 1.82) is 5.26 Å². The van der Waals surface area contributed by atoms with Gasteiger partial charge in [0.25, 0.3) is 0 Å². The summed E-state index contributed by atoms with van der Waals surface area (Å²) in [6.07, 6.45) is 0. The van der Waals surface area contributed by atoms with Crippen molar-refractivity contribution in [2.45, 2.75) is 43.6 Å². The Balaban J connectivity index is 1.94. The van der Waals surface area contributed by atoms with Gasteiger partial charge in [0.15, 0.2) is 0 Å². The van der Waals surface area contributed by atoms with Gasteiger partial charge in [0, 0.05) is 35.0 Å². The molecule has 4 rings (SSSR count). The molecule has 1 aliphatic heterocycles. The summed E-state index contributed by atoms with van der Waals surface area (Å²) in [5.74, 6) is -2.83. The summed E-state index contributed by atoms with van der Waals surface area (Å²) in [6.45, 7) is 5.55. The molecule has 0 saturated carbocycles. The molecule has 1 saturated heterocycles. The van der Waals surface area contributed by atoms with Gasteiger partial charge in [-0.15, -0.1) is 0 Å². The molecule has 36 heavy (non-hydrogen) atoms. The Morgan fingerprint density at radius 1 is 1.25 bits per heavy atom. The Hall–Kier alpha value is -2.92. The quantitative estimate of drug-likeness (QED) is 0.393. The van der Waals surface area contributed by atoms with E-state index in [9.17, 15) is 15.2 Å². The molecule has 1 aromatic heterocycles. The van der Waals surface area contributed by atoms with Crippen molar-refractivity contribution in [2.24, 2.45) is 0 Å². The zero-order valence-electron chi connectivity index (χ0n) is 19.9. The molecule has 9 heteroatoms. The minimum absolute atomic E-state index is 0.0563. The maximum absolute atomic E-state index is 15.4. The summed E-state index contributed by atoms with van der Waals surface area (Å²) >= 11 is 12.0. The zero-order valence-corrected chi connectivity index (χ0v) is 21.4. The molecular formula is C27H24Cl2F2N2O3. The van der Waals surface area contributed by atoms with Gasteiger partial charge in [-0.05, 0) is 42.8 Å². The van der Waals surface area contributed by atoms with Gasteiger partial charge in [-0.1, -0.05) is 55.2 Å². The number of aryl methyl sites for hydroxylation is 1. The van der Waals surface area contributed by atoms with Crippen molar-refractivity contribution in [1.82, 2.24) is 4.90 Å². The van der Waals surface area contributed by atoms with E-state index >= 15 is 8.78 Å². The number of carboxylic acid groups (broad SMARTS) is 1. The number of hydrogen-bond acceptors (Lipinski definition) is 4. The number of aliphatic carboxylic acids is 1. The number of benzene rings is 2. The van der Waals surface area contributed by atoms with Crippen LogP contribution in [0, 0.1) is 29.9 Å². The minimum Gasteiger partial charge on any atom is -0.480 e. The van der Waals surface area contributed by atoms with Crippen molar-refractivity contribution in [3.63, 3.8) is 0 Å². The van der Waals surface area contributed by atoms with E-state index in [0.29, 0.717) is 11.5 Å². The van der Waals surface area contributed by atoms with Crippen LogP contribution in [0.4, 0.5) is 8.78 Å². The van der Waals surface area contributed by atoms with Crippen molar-refractivity contribution >= 4 is 29.2 Å². The SMILES string of the molecule is Cc1ccc(C(C)(C)CN2CC(C#N)(c3ccc(Cl)cc3F)C(c3cccc(Cl)c3F)C2C(=O)O)o1. The summed E-state index contributed by atoms with van der Waals surface area (Å²) < 4.78 is 36.5. The van der Waals surface area contributed by atoms with E-state index in [1.807, 2.05) is 26.0 Å². The Kier molecular flexibility index (Phi) is 6.91. The van der Waals surface area contributed by atoms with E-state index in [2.05, 4.69) is 6.07 Å². The first-order valence-electron chi connectivity index (χ1n) is 11.3. The zero-order chi connectivity index (χ0) is 26.4. The second-order valence-electron chi connectivity index (χ2n) is 9.81. The standard InChI is InChI=1S/C27H24Cl2F2N2O3/c1-15-7-10-21(36-15)26(2,3)13-33-14-27(12-32,18-9-8-16(28)11-20(18)30)22(24(33)25(34)35)17-5-4-6-19(29)23(17)31/h4-11,22,24H,13-14H2,1-3H3,(H,34,35). The number of carbonyl (C=O) groups is 1. The average Bonchev–Trinajstić information content (AvgIpc) is 3.38. The lowest BCUT2D eigenvalue weighted by Crippen LogP contribution is -2.45. The summed E-state index contributed by atoms with van der Waals surface area (Å²) in [4.78, 5) is 14.3. The number of nitriles is 1. The van der Waals surface area contributed by atoms with Gasteiger partial charge < -0.3 is 9.52 Å². The van der Waals surface area contributed by atoms with Gasteiger partial charge in [-0.3, -0.25) is 9.69 Å². The molecule has 3 atom stereocenters. The van der Waals surface area contributed by atoms with Crippen molar-refractivity contribution in [2.75, 3.05) is 13.1 Å². The van der Waals surface area contributed by atoms with Gasteiger partial charge in [-0.2, -0.15) is 5.26 Å². The first kappa shape index (κ1) is 26.2. The molecular weight excluding hydrogens is 509 g/mol. The molecule has 0 aliphatic carbocycles. The number of rotatable bonds is 6. The second-order valence-corrected chi connectivity index (χ2v) is 10.7. The van der Waals surface area contributed by atoms with E-state index in [1.54, 1.807) is 11.8 Å². The van der Waals surface area contributed by atoms with Gasteiger partial charge in [0.05, 0.1) is 11.1 Å². The average molecular weight is 533 g/mol. The Labute approximate surface area is 217 Å². The Bertz CT molecular complexity index is 1370. The molecule has 3 aromatic rings. The third-order valence-electron chi connectivity index (χ3n) is 6.88. The molecule has 1 fully saturated rings. The molecule has 2 aromatic carbocycles. The number of furan rings is 1. The molecule has 0 spiro atoms. The lowest BCUT2D eigenvalue weighted by atomic mass is 9.68. The Morgan fingerprint density at radius 2 is 1.97 bits per heavy atom. The van der Waals surface area contributed by atoms with Gasteiger partial charge in [0.2, 0.25) is 0 Å². The van der Waals surface area contributed by atoms with E-state index in [1.165, 1.54) is 30.3 Å². The minimum atomic E-state index is -1.75. The van der Waals surface area contributed by atoms with Crippen LogP contribution in [0.1, 0.15) is 42.4 Å². The highest BCUT2D eigenvalue weighted by atomic mass is 35.5. The van der Waals surface area contributed by atoms with Crippen LogP contribution in [0.5, 0.6) is 0 Å². The molecule has 0 radical (unpaired) electrons. The number of nitrogens with zero attached hydrogens (tertiary/aromatic N) is 2. The van der Waals surface area contributed by atoms with E-state index in [4.69, 9.17) is 27.6 Å². The smallest absolute Gasteiger partial charge is 0.321 e. The molecule has 188 valence electrons. The third kappa shape index (κ3) is 4.39. The maximum Gasteiger partial charge on any atom is 0.321 e. The van der Waals surface area contributed by atoms with Crippen LogP contribution in [0.25, 0.3) is 0 Å². The summed E-state index contributed by atoms with van der Waals surface area (Å²) in [6, 6.07) is 12.5. The van der Waals surface area contributed by atoms with Crippen LogP contribution in [0.3, 0.4) is 0 Å². The highest BCUT2D eigenvalue weighted by Crippen LogP contribution is 2.51. The third-order valence-corrected chi connectivity index (χ3v) is 7.41. The molecule has 0 amide bonds. The highest BCUT2D eigenvalue weighted by Gasteiger charge is 2.59. The summed E-state index contributed by atoms with van der Waals surface area (Å²) in [7, 11) is 0. The first-order valence-corrected chi connectivity index (χ1v) is 12.0. The molecule has 3 unspecified atom stereocenters. The second kappa shape index (κ2) is 9.51. The predicted molar refractivity (Wildman–Crippen MR) is 132 cm³/mol. The fourth-order valence-corrected chi connectivity index (χ4v) is 5.64. The summed E-state index contributed by atoms with van der Waals surface area (Å²) in [5, 5.41) is 20.8. The van der Waals surface area contributed by atoms with Crippen LogP contribution in [-0.4, -0.2) is 35.1 Å². The van der Waals surface area contributed by atoms with Crippen molar-refractivity contribution in [3.8, 4) is 6.07 Å². The molecule has 5 nitrogen and oxygen atoms in total. The topological polar surface area (TPSA) is 77.5 Å². The molecule has 0 bridgehead atoms. The predicted octanol–water partition coefficient (Wildman–Crippen LogP) is 6.46. The van der Waals surface area contributed by atoms with Crippen molar-refractivity contribution < 1.29 is 23.1 Å². The van der Waals surface area contributed by atoms with E-state index in [-0.39, 0.29) is 34.3 Å². The van der Waals surface area contributed by atoms with E-state index < -0.39 is 40.4 Å². The van der Waals surface area contributed by atoms with Gasteiger partial charge in [0.1, 0.15) is 34.6 Å². The van der Waals surface area contributed by atoms with Crippen LogP contribution in [0.15, 0.2) is 52.9 Å². The number of carboxylic acids is 1. The van der Waals surface area contributed by atoms with Crippen LogP contribution in [0.2, 0.25) is 10.0 Å².